The van der Waals surface area contributed by atoms with E-state index in [9.17, 15) is 9.59 Å². The number of hydrogen-bond donors (Lipinski definition) is 1. The number of nitrogens with zero attached hydrogens (tertiary/aromatic N) is 1. The molecule has 0 atom stereocenters. The van der Waals surface area contributed by atoms with E-state index in [-0.39, 0.29) is 12.3 Å². The van der Waals surface area contributed by atoms with E-state index in [0.717, 1.165) is 22.4 Å². The maximum Gasteiger partial charge on any atom is 0.341 e. The summed E-state index contributed by atoms with van der Waals surface area (Å²) in [6, 6.07) is 13.1. The summed E-state index contributed by atoms with van der Waals surface area (Å²) in [4.78, 5) is 31.1. The summed E-state index contributed by atoms with van der Waals surface area (Å²) in [5, 5.41) is 0. The monoisotopic (exact) mass is 334 g/mol. The van der Waals surface area contributed by atoms with E-state index in [1.165, 1.54) is 0 Å². The number of aromatic nitrogens is 2. The van der Waals surface area contributed by atoms with E-state index in [4.69, 9.17) is 4.74 Å². The molecular formula is C20H18N2O3. The molecule has 0 fully saturated rings. The molecule has 0 radical (unpaired) electrons. The molecule has 0 amide bonds. The lowest BCUT2D eigenvalue weighted by Crippen LogP contribution is -2.09. The van der Waals surface area contributed by atoms with E-state index in [1.807, 2.05) is 49.4 Å². The highest BCUT2D eigenvalue weighted by Gasteiger charge is 2.23. The molecule has 0 bridgehead atoms. The van der Waals surface area contributed by atoms with Gasteiger partial charge in [0.1, 0.15) is 6.61 Å². The first kappa shape index (κ1) is 16.6. The molecule has 5 heteroatoms. The second-order valence-corrected chi connectivity index (χ2v) is 5.54. The molecule has 0 spiro atoms. The Morgan fingerprint density at radius 1 is 1.16 bits per heavy atom. The number of ether oxygens (including phenoxy) is 1. The number of carbonyl (C=O) groups is 2. The molecule has 0 aliphatic heterocycles. The van der Waals surface area contributed by atoms with Gasteiger partial charge in [0.15, 0.2) is 6.29 Å². The maximum absolute atomic E-state index is 12.6. The molecule has 2 aromatic heterocycles. The molecule has 0 aliphatic rings. The Labute approximate surface area is 145 Å². The summed E-state index contributed by atoms with van der Waals surface area (Å²) in [7, 11) is 0. The Morgan fingerprint density at radius 2 is 1.88 bits per heavy atom. The first-order valence-corrected chi connectivity index (χ1v) is 8.06. The van der Waals surface area contributed by atoms with Crippen LogP contribution in [-0.2, 0) is 17.8 Å². The quantitative estimate of drug-likeness (QED) is 0.549. The topological polar surface area (TPSA) is 72.0 Å². The average molecular weight is 334 g/mol. The van der Waals surface area contributed by atoms with Crippen LogP contribution in [0.15, 0.2) is 54.9 Å². The zero-order chi connectivity index (χ0) is 17.6. The van der Waals surface area contributed by atoms with Crippen molar-refractivity contribution in [2.75, 3.05) is 0 Å². The fourth-order valence-corrected chi connectivity index (χ4v) is 2.80. The summed E-state index contributed by atoms with van der Waals surface area (Å²) < 4.78 is 5.42. The number of carbonyl (C=O) groups excluding carboxylic acids is 2. The van der Waals surface area contributed by atoms with Crippen LogP contribution in [0.25, 0.3) is 11.3 Å². The number of aromatic amines is 1. The molecule has 3 aromatic rings. The molecule has 3 rings (SSSR count). The van der Waals surface area contributed by atoms with Crippen molar-refractivity contribution in [1.82, 2.24) is 9.97 Å². The average Bonchev–Trinajstić information content (AvgIpc) is 3.06. The molecule has 126 valence electrons. The normalized spacial score (nSPS) is 10.4. The number of hydrogen-bond acceptors (Lipinski definition) is 4. The molecule has 1 N–H and O–H groups in total. The van der Waals surface area contributed by atoms with Crippen LogP contribution in [0.4, 0.5) is 0 Å². The lowest BCUT2D eigenvalue weighted by atomic mass is 10.0. The fraction of sp³-hybridized carbons (Fsp3) is 0.150. The van der Waals surface area contributed by atoms with Gasteiger partial charge in [-0.25, -0.2) is 4.79 Å². The van der Waals surface area contributed by atoms with Crippen molar-refractivity contribution in [3.63, 3.8) is 0 Å². The van der Waals surface area contributed by atoms with Gasteiger partial charge in [-0.3, -0.25) is 9.78 Å². The second kappa shape index (κ2) is 7.57. The minimum absolute atomic E-state index is 0.164. The van der Waals surface area contributed by atoms with Gasteiger partial charge in [-0.1, -0.05) is 37.3 Å². The van der Waals surface area contributed by atoms with E-state index in [1.54, 1.807) is 12.4 Å². The first-order chi connectivity index (χ1) is 12.2. The summed E-state index contributed by atoms with van der Waals surface area (Å²) in [5.41, 5.74) is 3.83. The third kappa shape index (κ3) is 3.50. The smallest absolute Gasteiger partial charge is 0.341 e. The summed E-state index contributed by atoms with van der Waals surface area (Å²) in [6.45, 7) is 2.10. The Balaban J connectivity index is 1.93. The molecule has 0 saturated carbocycles. The van der Waals surface area contributed by atoms with Crippen LogP contribution in [-0.4, -0.2) is 22.2 Å². The van der Waals surface area contributed by atoms with Gasteiger partial charge in [-0.05, 0) is 29.7 Å². The highest BCUT2D eigenvalue weighted by Crippen LogP contribution is 2.28. The van der Waals surface area contributed by atoms with Gasteiger partial charge in [-0.2, -0.15) is 0 Å². The largest absolute Gasteiger partial charge is 0.457 e. The predicted molar refractivity (Wildman–Crippen MR) is 94.4 cm³/mol. The van der Waals surface area contributed by atoms with Gasteiger partial charge < -0.3 is 9.72 Å². The molecular weight excluding hydrogens is 316 g/mol. The van der Waals surface area contributed by atoms with Crippen LogP contribution >= 0.6 is 0 Å². The number of rotatable bonds is 6. The molecule has 0 saturated heterocycles. The fourth-order valence-electron chi connectivity index (χ4n) is 2.80. The number of H-pyrrole nitrogens is 1. The zero-order valence-electron chi connectivity index (χ0n) is 13.9. The van der Waals surface area contributed by atoms with Gasteiger partial charge in [0, 0.05) is 18.0 Å². The minimum atomic E-state index is -0.501. The summed E-state index contributed by atoms with van der Waals surface area (Å²) in [5.74, 6) is -0.501. The van der Waals surface area contributed by atoms with E-state index < -0.39 is 5.97 Å². The minimum Gasteiger partial charge on any atom is -0.457 e. The summed E-state index contributed by atoms with van der Waals surface area (Å²) >= 11 is 0. The van der Waals surface area contributed by atoms with Crippen molar-refractivity contribution < 1.29 is 14.3 Å². The van der Waals surface area contributed by atoms with Crippen LogP contribution in [0, 0.1) is 0 Å². The van der Waals surface area contributed by atoms with Crippen LogP contribution < -0.4 is 0 Å². The molecule has 1 aromatic carbocycles. The van der Waals surface area contributed by atoms with Crippen LogP contribution in [0.2, 0.25) is 0 Å². The Hall–Kier alpha value is -3.21. The zero-order valence-corrected chi connectivity index (χ0v) is 13.9. The van der Waals surface area contributed by atoms with Gasteiger partial charge in [0.25, 0.3) is 0 Å². The standard InChI is InChI=1S/C20H18N2O3/c1-2-16-18(20(24)25-13-14-6-4-3-5-7-14)17(12-23)22-19(16)15-8-10-21-11-9-15/h3-12,22H,2,13H2,1H3. The maximum atomic E-state index is 12.6. The lowest BCUT2D eigenvalue weighted by molar-refractivity contribution is 0.0470. The van der Waals surface area contributed by atoms with Crippen molar-refractivity contribution >= 4 is 12.3 Å². The number of aldehydes is 1. The van der Waals surface area contributed by atoms with E-state index >= 15 is 0 Å². The van der Waals surface area contributed by atoms with Crippen LogP contribution in [0.5, 0.6) is 0 Å². The van der Waals surface area contributed by atoms with Crippen molar-refractivity contribution in [2.45, 2.75) is 20.0 Å². The third-order valence-electron chi connectivity index (χ3n) is 3.99. The SMILES string of the molecule is CCc1c(-c2ccncc2)[nH]c(C=O)c1C(=O)OCc1ccccc1. The van der Waals surface area contributed by atoms with Crippen molar-refractivity contribution in [3.8, 4) is 11.3 Å². The van der Waals surface area contributed by atoms with Crippen molar-refractivity contribution in [3.05, 3.63) is 77.2 Å². The molecule has 25 heavy (non-hydrogen) atoms. The number of esters is 1. The third-order valence-corrected chi connectivity index (χ3v) is 3.99. The first-order valence-electron chi connectivity index (χ1n) is 8.06. The predicted octanol–water partition coefficient (Wildman–Crippen LogP) is 3.81. The highest BCUT2D eigenvalue weighted by atomic mass is 16.5. The number of nitrogens with one attached hydrogen (secondary N) is 1. The number of benzene rings is 1. The van der Waals surface area contributed by atoms with Gasteiger partial charge in [0.05, 0.1) is 17.0 Å². The van der Waals surface area contributed by atoms with Gasteiger partial charge in [0.2, 0.25) is 0 Å². The summed E-state index contributed by atoms with van der Waals surface area (Å²) in [6.07, 6.45) is 4.59. The Kier molecular flexibility index (Phi) is 5.04. The lowest BCUT2D eigenvalue weighted by Gasteiger charge is -2.07. The second-order valence-electron chi connectivity index (χ2n) is 5.54. The van der Waals surface area contributed by atoms with E-state index in [0.29, 0.717) is 18.3 Å². The van der Waals surface area contributed by atoms with Crippen LogP contribution in [0.3, 0.4) is 0 Å². The van der Waals surface area contributed by atoms with E-state index in [2.05, 4.69) is 9.97 Å². The van der Waals surface area contributed by atoms with Crippen LogP contribution in [0.1, 0.15) is 38.9 Å². The number of pyridine rings is 1. The van der Waals surface area contributed by atoms with Crippen molar-refractivity contribution in [2.24, 2.45) is 0 Å². The molecule has 2 heterocycles. The van der Waals surface area contributed by atoms with Gasteiger partial charge in [-0.15, -0.1) is 0 Å². The molecule has 0 unspecified atom stereocenters. The molecule has 5 nitrogen and oxygen atoms in total. The van der Waals surface area contributed by atoms with Gasteiger partial charge >= 0.3 is 5.97 Å². The highest BCUT2D eigenvalue weighted by molar-refractivity contribution is 6.01. The Bertz CT molecular complexity index is 871. The Morgan fingerprint density at radius 3 is 2.52 bits per heavy atom. The van der Waals surface area contributed by atoms with Crippen molar-refractivity contribution in [1.29, 1.82) is 0 Å². The molecule has 0 aliphatic carbocycles.